The number of rotatable bonds is 0. The number of H-pyrrole nitrogens is 1. The monoisotopic (exact) mass is 215 g/mol. The Morgan fingerprint density at radius 3 is 3.00 bits per heavy atom. The maximum absolute atomic E-state index is 5.40. The van der Waals surface area contributed by atoms with E-state index >= 15 is 0 Å². The van der Waals surface area contributed by atoms with Crippen LogP contribution in [0.5, 0.6) is 0 Å². The minimum Gasteiger partial charge on any atom is -0.354 e. The third-order valence-electron chi connectivity index (χ3n) is 3.17. The highest BCUT2D eigenvalue weighted by Gasteiger charge is 2.18. The van der Waals surface area contributed by atoms with E-state index in [9.17, 15) is 0 Å². The highest BCUT2D eigenvalue weighted by Crippen LogP contribution is 2.29. The molecule has 0 radical (unpaired) electrons. The molecule has 1 heterocycles. The molecule has 0 bridgehead atoms. The fourth-order valence-electron chi connectivity index (χ4n) is 2.41. The van der Waals surface area contributed by atoms with E-state index in [1.54, 1.807) is 0 Å². The number of aromatic nitrogens is 1. The average Bonchev–Trinajstić information content (AvgIpc) is 2.58. The van der Waals surface area contributed by atoms with Crippen LogP contribution in [-0.2, 0) is 6.42 Å². The van der Waals surface area contributed by atoms with Crippen molar-refractivity contribution in [1.29, 1.82) is 0 Å². The third kappa shape index (κ3) is 1.32. The number of aromatic amines is 1. The molecule has 0 aliphatic heterocycles. The number of hydrogen-bond acceptors (Lipinski definition) is 1. The molecule has 0 amide bonds. The van der Waals surface area contributed by atoms with Gasteiger partial charge < -0.3 is 4.98 Å². The molecule has 76 valence electrons. The van der Waals surface area contributed by atoms with Crippen LogP contribution < -0.4 is 0 Å². The second-order valence-corrected chi connectivity index (χ2v) is 4.80. The Morgan fingerprint density at radius 2 is 2.13 bits per heavy atom. The summed E-state index contributed by atoms with van der Waals surface area (Å²) in [6, 6.07) is 6.57. The van der Waals surface area contributed by atoms with Crippen LogP contribution in [0.2, 0.25) is 0 Å². The van der Waals surface area contributed by atoms with Crippen molar-refractivity contribution in [3.05, 3.63) is 35.0 Å². The number of benzene rings is 1. The van der Waals surface area contributed by atoms with Crippen LogP contribution in [-0.4, -0.2) is 9.85 Å². The summed E-state index contributed by atoms with van der Waals surface area (Å²) >= 11 is 5.40. The van der Waals surface area contributed by atoms with Gasteiger partial charge in [-0.3, -0.25) is 0 Å². The van der Waals surface area contributed by atoms with Crippen molar-refractivity contribution < 1.29 is 0 Å². The van der Waals surface area contributed by atoms with Gasteiger partial charge in [0.1, 0.15) is 0 Å². The Balaban J connectivity index is 2.36. The minimum absolute atomic E-state index is 1.06. The van der Waals surface area contributed by atoms with E-state index < -0.39 is 0 Å². The van der Waals surface area contributed by atoms with Crippen molar-refractivity contribution in [1.82, 2.24) is 4.98 Å². The normalized spacial score (nSPS) is 15.7. The first kappa shape index (κ1) is 9.10. The van der Waals surface area contributed by atoms with Crippen molar-refractivity contribution in [2.75, 3.05) is 0 Å². The van der Waals surface area contributed by atoms with Crippen LogP contribution in [0.4, 0.5) is 0 Å². The summed E-state index contributed by atoms with van der Waals surface area (Å²) in [4.78, 5) is 4.55. The molecule has 15 heavy (non-hydrogen) atoms. The zero-order valence-corrected chi connectivity index (χ0v) is 9.58. The number of thiocarbonyl (C=S) groups is 1. The lowest BCUT2D eigenvalue weighted by molar-refractivity contribution is 0.850. The smallest absolute Gasteiger partial charge is 0.0565 e. The molecule has 0 unspecified atom stereocenters. The zero-order valence-electron chi connectivity index (χ0n) is 8.76. The molecule has 1 nitrogen and oxygen atoms in total. The lowest BCUT2D eigenvalue weighted by Crippen LogP contribution is -2.08. The van der Waals surface area contributed by atoms with Crippen LogP contribution >= 0.6 is 12.2 Å². The molecule has 0 saturated heterocycles. The predicted molar refractivity (Wildman–Crippen MR) is 67.7 cm³/mol. The van der Waals surface area contributed by atoms with Crippen molar-refractivity contribution in [3.63, 3.8) is 0 Å². The zero-order chi connectivity index (χ0) is 10.4. The molecule has 3 rings (SSSR count). The van der Waals surface area contributed by atoms with Crippen LogP contribution in [0, 0.1) is 6.92 Å². The van der Waals surface area contributed by atoms with Gasteiger partial charge in [-0.1, -0.05) is 23.8 Å². The highest BCUT2D eigenvalue weighted by atomic mass is 32.1. The molecular weight excluding hydrogens is 202 g/mol. The largest absolute Gasteiger partial charge is 0.354 e. The van der Waals surface area contributed by atoms with Crippen LogP contribution in [0.15, 0.2) is 18.2 Å². The van der Waals surface area contributed by atoms with E-state index in [4.69, 9.17) is 12.2 Å². The molecule has 2 heteroatoms. The van der Waals surface area contributed by atoms with Crippen LogP contribution in [0.1, 0.15) is 29.7 Å². The Bertz CT molecular complexity index is 551. The van der Waals surface area contributed by atoms with Crippen molar-refractivity contribution >= 4 is 28.0 Å². The highest BCUT2D eigenvalue weighted by molar-refractivity contribution is 7.80. The lowest BCUT2D eigenvalue weighted by atomic mass is 9.95. The van der Waals surface area contributed by atoms with E-state index in [0.29, 0.717) is 0 Å². The molecule has 0 spiro atoms. The Labute approximate surface area is 94.5 Å². The summed E-state index contributed by atoms with van der Waals surface area (Å²) in [5.74, 6) is 0. The number of hydrogen-bond donors (Lipinski definition) is 1. The van der Waals surface area contributed by atoms with Gasteiger partial charge in [0.25, 0.3) is 0 Å². The fraction of sp³-hybridized carbons (Fsp3) is 0.308. The SMILES string of the molecule is Cc1ccc2[nH]c3c(c2c1)CCCC3=S. The quantitative estimate of drug-likeness (QED) is 0.665. The summed E-state index contributed by atoms with van der Waals surface area (Å²) in [5, 5.41) is 1.37. The van der Waals surface area contributed by atoms with E-state index in [2.05, 4.69) is 30.1 Å². The molecule has 1 aliphatic carbocycles. The van der Waals surface area contributed by atoms with Gasteiger partial charge in [0, 0.05) is 15.8 Å². The first-order valence-corrected chi connectivity index (χ1v) is 5.81. The second-order valence-electron chi connectivity index (χ2n) is 4.30. The Hall–Kier alpha value is -1.15. The van der Waals surface area contributed by atoms with Gasteiger partial charge in [-0.05, 0) is 43.9 Å². The minimum atomic E-state index is 1.06. The van der Waals surface area contributed by atoms with E-state index in [1.165, 1.54) is 40.6 Å². The molecular formula is C13H13NS. The number of aryl methyl sites for hydroxylation is 2. The van der Waals surface area contributed by atoms with Gasteiger partial charge in [-0.25, -0.2) is 0 Å². The van der Waals surface area contributed by atoms with Gasteiger partial charge >= 0.3 is 0 Å². The van der Waals surface area contributed by atoms with Gasteiger partial charge in [-0.15, -0.1) is 0 Å². The molecule has 1 aliphatic rings. The number of nitrogens with one attached hydrogen (secondary N) is 1. The van der Waals surface area contributed by atoms with Crippen molar-refractivity contribution in [2.24, 2.45) is 0 Å². The van der Waals surface area contributed by atoms with Crippen molar-refractivity contribution in [3.8, 4) is 0 Å². The van der Waals surface area contributed by atoms with Gasteiger partial charge in [-0.2, -0.15) is 0 Å². The Kier molecular flexibility index (Phi) is 1.93. The first-order chi connectivity index (χ1) is 7.25. The van der Waals surface area contributed by atoms with Gasteiger partial charge in [0.15, 0.2) is 0 Å². The maximum atomic E-state index is 5.40. The summed E-state index contributed by atoms with van der Waals surface area (Å²) in [6.45, 7) is 2.14. The van der Waals surface area contributed by atoms with E-state index in [-0.39, 0.29) is 0 Å². The maximum Gasteiger partial charge on any atom is 0.0565 e. The second kappa shape index (κ2) is 3.17. The summed E-state index contributed by atoms with van der Waals surface area (Å²) in [6.07, 6.45) is 3.43. The molecule has 1 aromatic carbocycles. The number of fused-ring (bicyclic) bond motifs is 3. The summed E-state index contributed by atoms with van der Waals surface area (Å²) in [7, 11) is 0. The van der Waals surface area contributed by atoms with Crippen LogP contribution in [0.3, 0.4) is 0 Å². The summed E-state index contributed by atoms with van der Waals surface area (Å²) in [5.41, 5.74) is 5.21. The standard InChI is InChI=1S/C13H13NS/c1-8-5-6-11-10(7-8)9-3-2-4-12(15)13(9)14-11/h5-7,14H,2-4H2,1H3. The van der Waals surface area contributed by atoms with E-state index in [0.717, 1.165) is 11.3 Å². The first-order valence-electron chi connectivity index (χ1n) is 5.40. The molecule has 1 N–H and O–H groups in total. The van der Waals surface area contributed by atoms with Gasteiger partial charge in [0.2, 0.25) is 0 Å². The van der Waals surface area contributed by atoms with E-state index in [1.807, 2.05) is 0 Å². The van der Waals surface area contributed by atoms with Crippen LogP contribution in [0.25, 0.3) is 10.9 Å². The van der Waals surface area contributed by atoms with Gasteiger partial charge in [0.05, 0.1) is 5.69 Å². The third-order valence-corrected chi connectivity index (χ3v) is 3.58. The Morgan fingerprint density at radius 1 is 1.27 bits per heavy atom. The predicted octanol–water partition coefficient (Wildman–Crippen LogP) is 3.53. The molecule has 2 aromatic rings. The molecule has 0 saturated carbocycles. The lowest BCUT2D eigenvalue weighted by Gasteiger charge is -2.11. The van der Waals surface area contributed by atoms with Crippen molar-refractivity contribution in [2.45, 2.75) is 26.2 Å². The topological polar surface area (TPSA) is 15.8 Å². The fourth-order valence-corrected chi connectivity index (χ4v) is 2.73. The molecule has 0 atom stereocenters. The molecule has 1 aromatic heterocycles. The summed E-state index contributed by atoms with van der Waals surface area (Å²) < 4.78 is 0. The average molecular weight is 215 g/mol. The molecule has 0 fully saturated rings.